The third kappa shape index (κ3) is 30.7. The van der Waals surface area contributed by atoms with Gasteiger partial charge in [-0.2, -0.15) is 0 Å². The molecule has 3 unspecified atom stereocenters. The summed E-state index contributed by atoms with van der Waals surface area (Å²) in [6.07, 6.45) is 30.2. The van der Waals surface area contributed by atoms with E-state index < -0.39 is 0 Å². The van der Waals surface area contributed by atoms with Crippen molar-refractivity contribution in [3.05, 3.63) is 29.8 Å². The van der Waals surface area contributed by atoms with Crippen LogP contribution >= 0.6 is 0 Å². The molecule has 0 N–H and O–H groups in total. The lowest BCUT2D eigenvalue weighted by Gasteiger charge is -2.19. The summed E-state index contributed by atoms with van der Waals surface area (Å²) in [5.41, 5.74) is 8.37. The van der Waals surface area contributed by atoms with Crippen LogP contribution in [-0.2, 0) is 28.6 Å². The third-order valence-electron chi connectivity index (χ3n) is 10.7. The van der Waals surface area contributed by atoms with Gasteiger partial charge in [0.15, 0.2) is 0 Å². The Labute approximate surface area is 331 Å². The first kappa shape index (κ1) is 49.5. The summed E-state index contributed by atoms with van der Waals surface area (Å²) in [5, 5.41) is 0. The van der Waals surface area contributed by atoms with E-state index in [1.54, 1.807) is 0 Å². The molecule has 0 bridgehead atoms. The van der Waals surface area contributed by atoms with Crippen LogP contribution in [-0.4, -0.2) is 61.8 Å². The third-order valence-corrected chi connectivity index (χ3v) is 10.7. The van der Waals surface area contributed by atoms with Crippen molar-refractivity contribution < 1.29 is 28.6 Å². The van der Waals surface area contributed by atoms with Crippen molar-refractivity contribution in [1.82, 2.24) is 4.90 Å². The molecule has 3 atom stereocenters. The van der Waals surface area contributed by atoms with Crippen LogP contribution in [0.2, 0.25) is 0 Å². The molecule has 0 radical (unpaired) electrons. The van der Waals surface area contributed by atoms with Crippen molar-refractivity contribution >= 4 is 17.9 Å². The van der Waals surface area contributed by atoms with E-state index in [4.69, 9.17) is 14.2 Å². The Hall–Kier alpha value is -2.55. The first-order valence-electron chi connectivity index (χ1n) is 22.5. The van der Waals surface area contributed by atoms with Crippen molar-refractivity contribution in [2.75, 3.05) is 32.8 Å². The molecule has 0 amide bonds. The van der Waals surface area contributed by atoms with E-state index in [0.29, 0.717) is 44.3 Å². The Kier molecular flexibility index (Phi) is 33.1. The van der Waals surface area contributed by atoms with E-state index >= 15 is 0 Å². The summed E-state index contributed by atoms with van der Waals surface area (Å²) >= 11 is 0. The van der Waals surface area contributed by atoms with Crippen molar-refractivity contribution in [2.24, 2.45) is 11.8 Å². The lowest BCUT2D eigenvalue weighted by molar-refractivity contribution is -0.150. The van der Waals surface area contributed by atoms with Gasteiger partial charge in [-0.15, -0.1) is 0 Å². The molecule has 1 aliphatic rings. The largest absolute Gasteiger partial charge is 0.466 e. The molecule has 0 spiro atoms. The fourth-order valence-corrected chi connectivity index (χ4v) is 7.21. The van der Waals surface area contributed by atoms with E-state index in [2.05, 4.69) is 49.4 Å². The number of esters is 3. The Bertz CT molecular complexity index is 1060. The van der Waals surface area contributed by atoms with Crippen molar-refractivity contribution in [1.29, 1.82) is 0 Å². The summed E-state index contributed by atoms with van der Waals surface area (Å²) in [6, 6.07) is 0. The average Bonchev–Trinajstić information content (AvgIpc) is 3.67. The summed E-state index contributed by atoms with van der Waals surface area (Å²) in [4.78, 5) is 39.7. The Morgan fingerprint density at radius 1 is 0.630 bits per heavy atom. The van der Waals surface area contributed by atoms with Crippen LogP contribution in [0.1, 0.15) is 201 Å². The lowest BCUT2D eigenvalue weighted by Crippen LogP contribution is -2.23. The van der Waals surface area contributed by atoms with Crippen LogP contribution in [0.5, 0.6) is 0 Å². The molecule has 0 aromatic heterocycles. The number of hydrogen-bond donors (Lipinski definition) is 0. The van der Waals surface area contributed by atoms with Crippen LogP contribution in [0.25, 0.3) is 0 Å². The molecule has 0 aromatic rings. The van der Waals surface area contributed by atoms with Crippen LogP contribution in [0, 0.1) is 11.8 Å². The van der Waals surface area contributed by atoms with E-state index in [-0.39, 0.29) is 24.0 Å². The number of ether oxygens (including phenoxy) is 3. The molecule has 0 aromatic carbocycles. The number of carbonyl (C=O) groups is 3. The molecule has 1 fully saturated rings. The number of hydrogen-bond acceptors (Lipinski definition) is 7. The number of unbranched alkanes of at least 4 members (excludes halogenated alkanes) is 12. The van der Waals surface area contributed by atoms with Crippen LogP contribution < -0.4 is 0 Å². The average molecular weight is 756 g/mol. The minimum atomic E-state index is -0.109. The maximum absolute atomic E-state index is 12.8. The fourth-order valence-electron chi connectivity index (χ4n) is 7.21. The van der Waals surface area contributed by atoms with E-state index in [9.17, 15) is 14.4 Å². The number of likely N-dealkylation sites (tertiary alicyclic amines) is 1. The normalized spacial score (nSPS) is 14.4. The molecule has 310 valence electrons. The second kappa shape index (κ2) is 36.1. The van der Waals surface area contributed by atoms with Gasteiger partial charge in [0.05, 0.1) is 13.2 Å². The van der Waals surface area contributed by atoms with Gasteiger partial charge in [-0.3, -0.25) is 14.4 Å². The molecule has 1 rings (SSSR count). The predicted molar refractivity (Wildman–Crippen MR) is 222 cm³/mol. The molecule has 54 heavy (non-hydrogen) atoms. The predicted octanol–water partition coefficient (Wildman–Crippen LogP) is 12.2. The second-order valence-corrected chi connectivity index (χ2v) is 15.9. The number of allylic oxidation sites excluding steroid dienone is 1. The van der Waals surface area contributed by atoms with Gasteiger partial charge in [-0.05, 0) is 127 Å². The van der Waals surface area contributed by atoms with Crippen molar-refractivity contribution in [2.45, 2.75) is 207 Å². The highest BCUT2D eigenvalue weighted by Crippen LogP contribution is 2.20. The quantitative estimate of drug-likeness (QED) is 0.0272. The molecule has 7 heteroatoms. The molecule has 0 saturated carbocycles. The van der Waals surface area contributed by atoms with E-state index in [1.807, 2.05) is 6.08 Å². The van der Waals surface area contributed by atoms with Gasteiger partial charge in [0, 0.05) is 19.3 Å². The zero-order valence-electron chi connectivity index (χ0n) is 35.2. The number of nitrogens with zero attached hydrogens (tertiary/aromatic N) is 1. The Balaban J connectivity index is 2.28. The molecule has 0 aliphatic carbocycles. The van der Waals surface area contributed by atoms with Crippen molar-refractivity contribution in [3.8, 4) is 0 Å². The molecular formula is C47H81NO6. The van der Waals surface area contributed by atoms with Gasteiger partial charge in [0.2, 0.25) is 0 Å². The molecular weight excluding hydrogens is 675 g/mol. The Morgan fingerprint density at radius 3 is 1.74 bits per heavy atom. The van der Waals surface area contributed by atoms with Gasteiger partial charge in [0.25, 0.3) is 0 Å². The number of carbonyl (C=O) groups excluding carboxylic acids is 3. The highest BCUT2D eigenvalue weighted by atomic mass is 16.5. The summed E-state index contributed by atoms with van der Waals surface area (Å²) < 4.78 is 17.1. The summed E-state index contributed by atoms with van der Waals surface area (Å²) in [7, 11) is 0. The van der Waals surface area contributed by atoms with Crippen LogP contribution in [0.3, 0.4) is 0 Å². The van der Waals surface area contributed by atoms with Crippen LogP contribution in [0.4, 0.5) is 0 Å². The fraction of sp³-hybridized carbons (Fsp3) is 0.830. The minimum Gasteiger partial charge on any atom is -0.466 e. The monoisotopic (exact) mass is 756 g/mol. The standard InChI is InChI=1S/C47H81NO6/c1-5-8-17-27-42(4)35-40-52-45(49)32-22-15-11-13-20-30-44(54-47(51)34-26-39-48-37-24-25-38-48)31-21-14-12-16-23-33-46(50)53-41-36-43(28-18-9-6-2)29-19-10-7-3/h28,42-44H,2,5,7-8,10-17,19-27,29-41H2,1,3-4H3. The van der Waals surface area contributed by atoms with Gasteiger partial charge in [-0.25, -0.2) is 0 Å². The summed E-state index contributed by atoms with van der Waals surface area (Å²) in [5.74, 6) is 0.719. The zero-order chi connectivity index (χ0) is 39.3. The number of rotatable bonds is 36. The van der Waals surface area contributed by atoms with Crippen molar-refractivity contribution in [3.63, 3.8) is 0 Å². The van der Waals surface area contributed by atoms with Gasteiger partial charge < -0.3 is 19.1 Å². The summed E-state index contributed by atoms with van der Waals surface area (Å²) in [6.45, 7) is 14.5. The van der Waals surface area contributed by atoms with Gasteiger partial charge >= 0.3 is 17.9 Å². The highest BCUT2D eigenvalue weighted by Gasteiger charge is 2.16. The molecule has 7 nitrogen and oxygen atoms in total. The molecule has 1 saturated heterocycles. The van der Waals surface area contributed by atoms with Crippen LogP contribution in [0.15, 0.2) is 29.8 Å². The van der Waals surface area contributed by atoms with E-state index in [1.165, 1.54) is 51.4 Å². The molecule has 1 heterocycles. The lowest BCUT2D eigenvalue weighted by atomic mass is 9.98. The smallest absolute Gasteiger partial charge is 0.306 e. The first-order chi connectivity index (χ1) is 26.4. The SMILES string of the molecule is C=C=C=C=CC(CCCCC)CCOC(=O)CCCCCCCC(CCCCCCCC(=O)OCCC(C)CCCCC)OC(=O)CCCN1CCCC1. The maximum atomic E-state index is 12.8. The second-order valence-electron chi connectivity index (χ2n) is 15.9. The zero-order valence-corrected chi connectivity index (χ0v) is 35.2. The van der Waals surface area contributed by atoms with Gasteiger partial charge in [-0.1, -0.05) is 116 Å². The maximum Gasteiger partial charge on any atom is 0.306 e. The highest BCUT2D eigenvalue weighted by molar-refractivity contribution is 5.70. The minimum absolute atomic E-state index is 0.0254. The Morgan fingerprint density at radius 2 is 1.15 bits per heavy atom. The first-order valence-corrected chi connectivity index (χ1v) is 22.5. The van der Waals surface area contributed by atoms with E-state index in [0.717, 1.165) is 129 Å². The topological polar surface area (TPSA) is 82.1 Å². The van der Waals surface area contributed by atoms with Gasteiger partial charge in [0.1, 0.15) is 6.10 Å². The molecule has 1 aliphatic heterocycles.